The number of aromatic nitrogens is 2. The average Bonchev–Trinajstić information content (AvgIpc) is 2.53. The van der Waals surface area contributed by atoms with Crippen LogP contribution in [0.2, 0.25) is 0 Å². The second-order valence-electron chi connectivity index (χ2n) is 5.48. The summed E-state index contributed by atoms with van der Waals surface area (Å²) in [5.41, 5.74) is 3.62. The van der Waals surface area contributed by atoms with E-state index in [0.29, 0.717) is 12.1 Å². The number of aryl methyl sites for hydroxylation is 2. The van der Waals surface area contributed by atoms with Crippen LogP contribution in [0.5, 0.6) is 0 Å². The van der Waals surface area contributed by atoms with E-state index in [1.807, 2.05) is 39.0 Å². The Hall–Kier alpha value is -2.43. The zero-order chi connectivity index (χ0) is 17.0. The third-order valence-electron chi connectivity index (χ3n) is 3.87. The second-order valence-corrected chi connectivity index (χ2v) is 5.48. The van der Waals surface area contributed by atoms with E-state index in [1.54, 1.807) is 13.0 Å². The van der Waals surface area contributed by atoms with E-state index in [2.05, 4.69) is 5.10 Å². The van der Waals surface area contributed by atoms with E-state index >= 15 is 0 Å². The van der Waals surface area contributed by atoms with Crippen LogP contribution < -0.4 is 5.56 Å². The number of rotatable bonds is 5. The lowest BCUT2D eigenvalue weighted by atomic mass is 10.0. The topological polar surface area (TPSA) is 61.2 Å². The van der Waals surface area contributed by atoms with Crippen LogP contribution >= 0.6 is 0 Å². The molecule has 122 valence electrons. The van der Waals surface area contributed by atoms with Crippen LogP contribution in [0, 0.1) is 13.8 Å². The number of carbonyl (C=O) groups excluding carboxylic acids is 1. The van der Waals surface area contributed by atoms with Crippen LogP contribution in [0.15, 0.2) is 35.1 Å². The van der Waals surface area contributed by atoms with E-state index in [-0.39, 0.29) is 12.2 Å². The molecule has 1 aromatic carbocycles. The summed E-state index contributed by atoms with van der Waals surface area (Å²) in [7, 11) is 0. The van der Waals surface area contributed by atoms with Gasteiger partial charge in [0.1, 0.15) is 0 Å². The first-order chi connectivity index (χ1) is 11.0. The third kappa shape index (κ3) is 3.67. The molecule has 0 aliphatic carbocycles. The van der Waals surface area contributed by atoms with Crippen molar-refractivity contribution in [3.05, 3.63) is 51.8 Å². The molecule has 0 saturated carbocycles. The van der Waals surface area contributed by atoms with Gasteiger partial charge in [0.15, 0.2) is 6.04 Å². The maximum absolute atomic E-state index is 12.1. The molecule has 0 saturated heterocycles. The van der Waals surface area contributed by atoms with Crippen molar-refractivity contribution in [2.45, 2.75) is 40.2 Å². The molecule has 0 spiro atoms. The van der Waals surface area contributed by atoms with Crippen LogP contribution in [-0.2, 0) is 9.53 Å². The highest BCUT2D eigenvalue weighted by atomic mass is 16.5. The van der Waals surface area contributed by atoms with Gasteiger partial charge in [0.2, 0.25) is 0 Å². The maximum atomic E-state index is 12.1. The fraction of sp³-hybridized carbons (Fsp3) is 0.389. The monoisotopic (exact) mass is 314 g/mol. The Morgan fingerprint density at radius 1 is 1.17 bits per heavy atom. The summed E-state index contributed by atoms with van der Waals surface area (Å²) in [6.45, 7) is 7.93. The van der Waals surface area contributed by atoms with Gasteiger partial charge >= 0.3 is 5.97 Å². The van der Waals surface area contributed by atoms with Gasteiger partial charge in [-0.15, -0.1) is 0 Å². The van der Waals surface area contributed by atoms with Crippen LogP contribution in [0.4, 0.5) is 0 Å². The van der Waals surface area contributed by atoms with E-state index in [4.69, 9.17) is 4.74 Å². The zero-order valence-electron chi connectivity index (χ0n) is 14.0. The molecule has 2 rings (SSSR count). The standard InChI is InChI=1S/C18H22N2O3/c1-5-16(18(22)23-6-2)20-17(21)10-9-15(19-20)14-8-7-12(3)13(4)11-14/h7-11,16H,5-6H2,1-4H3/t16-/m0/s1. The Kier molecular flexibility index (Phi) is 5.32. The summed E-state index contributed by atoms with van der Waals surface area (Å²) >= 11 is 0. The van der Waals surface area contributed by atoms with E-state index < -0.39 is 12.0 Å². The van der Waals surface area contributed by atoms with Gasteiger partial charge < -0.3 is 4.74 Å². The summed E-state index contributed by atoms with van der Waals surface area (Å²) in [4.78, 5) is 24.2. The molecule has 0 aliphatic rings. The summed E-state index contributed by atoms with van der Waals surface area (Å²) in [6.07, 6.45) is 0.447. The minimum Gasteiger partial charge on any atom is -0.464 e. The van der Waals surface area contributed by atoms with Gasteiger partial charge in [0.25, 0.3) is 5.56 Å². The predicted molar refractivity (Wildman–Crippen MR) is 89.4 cm³/mol. The molecule has 1 atom stereocenters. The minimum absolute atomic E-state index is 0.279. The van der Waals surface area contributed by atoms with Gasteiger partial charge in [-0.05, 0) is 50.5 Å². The lowest BCUT2D eigenvalue weighted by molar-refractivity contribution is -0.147. The van der Waals surface area contributed by atoms with Crippen molar-refractivity contribution >= 4 is 5.97 Å². The van der Waals surface area contributed by atoms with Crippen molar-refractivity contribution < 1.29 is 9.53 Å². The highest BCUT2D eigenvalue weighted by Gasteiger charge is 2.22. The van der Waals surface area contributed by atoms with Crippen LogP contribution in [0.1, 0.15) is 37.4 Å². The molecule has 1 aromatic heterocycles. The number of esters is 1. The number of benzene rings is 1. The molecule has 5 heteroatoms. The van der Waals surface area contributed by atoms with E-state index in [1.165, 1.54) is 16.3 Å². The highest BCUT2D eigenvalue weighted by molar-refractivity contribution is 5.74. The average molecular weight is 314 g/mol. The Labute approximate surface area is 135 Å². The molecule has 0 bridgehead atoms. The first-order valence-electron chi connectivity index (χ1n) is 7.82. The number of hydrogen-bond acceptors (Lipinski definition) is 4. The molecule has 0 N–H and O–H groups in total. The number of nitrogens with zero attached hydrogens (tertiary/aromatic N) is 2. The van der Waals surface area contributed by atoms with Gasteiger partial charge in [-0.3, -0.25) is 4.79 Å². The quantitative estimate of drug-likeness (QED) is 0.796. The van der Waals surface area contributed by atoms with Crippen molar-refractivity contribution in [3.63, 3.8) is 0 Å². The smallest absolute Gasteiger partial charge is 0.331 e. The largest absolute Gasteiger partial charge is 0.464 e. The molecule has 1 heterocycles. The van der Waals surface area contributed by atoms with Gasteiger partial charge in [0.05, 0.1) is 12.3 Å². The molecule has 0 unspecified atom stereocenters. The van der Waals surface area contributed by atoms with Crippen LogP contribution in [0.25, 0.3) is 11.3 Å². The highest BCUT2D eigenvalue weighted by Crippen LogP contribution is 2.20. The number of ether oxygens (including phenoxy) is 1. The fourth-order valence-electron chi connectivity index (χ4n) is 2.38. The molecular formula is C18H22N2O3. The second kappa shape index (κ2) is 7.22. The summed E-state index contributed by atoms with van der Waals surface area (Å²) < 4.78 is 6.27. The zero-order valence-corrected chi connectivity index (χ0v) is 14.0. The lowest BCUT2D eigenvalue weighted by Crippen LogP contribution is -2.32. The Bertz CT molecular complexity index is 765. The Morgan fingerprint density at radius 2 is 1.91 bits per heavy atom. The van der Waals surface area contributed by atoms with Crippen LogP contribution in [0.3, 0.4) is 0 Å². The number of hydrogen-bond donors (Lipinski definition) is 0. The first kappa shape index (κ1) is 16.9. The van der Waals surface area contributed by atoms with Gasteiger partial charge in [-0.25, -0.2) is 9.48 Å². The van der Waals surface area contributed by atoms with Gasteiger partial charge in [0, 0.05) is 11.6 Å². The Morgan fingerprint density at radius 3 is 2.52 bits per heavy atom. The van der Waals surface area contributed by atoms with Crippen molar-refractivity contribution in [1.29, 1.82) is 0 Å². The summed E-state index contributed by atoms with van der Waals surface area (Å²) in [5, 5.41) is 4.39. The third-order valence-corrected chi connectivity index (χ3v) is 3.87. The minimum atomic E-state index is -0.700. The van der Waals surface area contributed by atoms with E-state index in [9.17, 15) is 9.59 Å². The van der Waals surface area contributed by atoms with E-state index in [0.717, 1.165) is 11.1 Å². The number of carbonyl (C=O) groups is 1. The summed E-state index contributed by atoms with van der Waals surface area (Å²) in [5.74, 6) is -0.429. The molecule has 0 fully saturated rings. The predicted octanol–water partition coefficient (Wildman–Crippen LogP) is 3.04. The molecule has 2 aromatic rings. The van der Waals surface area contributed by atoms with Crippen molar-refractivity contribution in [2.24, 2.45) is 0 Å². The molecule has 23 heavy (non-hydrogen) atoms. The Balaban J connectivity index is 2.47. The van der Waals surface area contributed by atoms with Crippen molar-refractivity contribution in [1.82, 2.24) is 9.78 Å². The van der Waals surface area contributed by atoms with Crippen LogP contribution in [-0.4, -0.2) is 22.4 Å². The normalized spacial score (nSPS) is 12.0. The first-order valence-corrected chi connectivity index (χ1v) is 7.82. The van der Waals surface area contributed by atoms with Crippen molar-refractivity contribution in [3.8, 4) is 11.3 Å². The van der Waals surface area contributed by atoms with Crippen molar-refractivity contribution in [2.75, 3.05) is 6.61 Å². The van der Waals surface area contributed by atoms with Gasteiger partial charge in [-0.1, -0.05) is 19.1 Å². The lowest BCUT2D eigenvalue weighted by Gasteiger charge is -2.16. The molecule has 0 aliphatic heterocycles. The molecule has 0 amide bonds. The molecule has 5 nitrogen and oxygen atoms in total. The SMILES string of the molecule is CCOC(=O)[C@H](CC)n1nc(-c2ccc(C)c(C)c2)ccc1=O. The molecular weight excluding hydrogens is 292 g/mol. The summed E-state index contributed by atoms with van der Waals surface area (Å²) in [6, 6.07) is 8.43. The fourth-order valence-corrected chi connectivity index (χ4v) is 2.38. The van der Waals surface area contributed by atoms with Gasteiger partial charge in [-0.2, -0.15) is 5.10 Å². The maximum Gasteiger partial charge on any atom is 0.331 e. The molecule has 0 radical (unpaired) electrons.